The summed E-state index contributed by atoms with van der Waals surface area (Å²) in [5, 5.41) is 1.19. The predicted molar refractivity (Wildman–Crippen MR) is 55.5 cm³/mol. The lowest BCUT2D eigenvalue weighted by molar-refractivity contribution is 0.976. The van der Waals surface area contributed by atoms with Crippen molar-refractivity contribution in [1.82, 2.24) is 4.98 Å². The van der Waals surface area contributed by atoms with Gasteiger partial charge in [0.25, 0.3) is 0 Å². The van der Waals surface area contributed by atoms with Crippen molar-refractivity contribution in [3.05, 3.63) is 30.0 Å². The number of aromatic amines is 1. The van der Waals surface area contributed by atoms with Crippen molar-refractivity contribution in [2.45, 2.75) is 6.42 Å². The number of nitrogens with two attached hydrogens (primary N) is 2. The first-order valence-corrected chi connectivity index (χ1v) is 4.37. The van der Waals surface area contributed by atoms with E-state index in [0.717, 1.165) is 17.6 Å². The summed E-state index contributed by atoms with van der Waals surface area (Å²) in [4.78, 5) is 3.19. The summed E-state index contributed by atoms with van der Waals surface area (Å²) in [7, 11) is 0. The van der Waals surface area contributed by atoms with Gasteiger partial charge >= 0.3 is 0 Å². The molecule has 3 nitrogen and oxygen atoms in total. The Labute approximate surface area is 76.7 Å². The number of hydrogen-bond acceptors (Lipinski definition) is 2. The first-order valence-electron chi connectivity index (χ1n) is 4.37. The molecule has 0 aliphatic heterocycles. The molecule has 0 fully saturated rings. The third-order valence-electron chi connectivity index (χ3n) is 2.21. The molecule has 13 heavy (non-hydrogen) atoms. The molecule has 0 saturated carbocycles. The smallest absolute Gasteiger partial charge is 0.0458 e. The second kappa shape index (κ2) is 3.11. The van der Waals surface area contributed by atoms with Gasteiger partial charge in [0, 0.05) is 22.8 Å². The second-order valence-electron chi connectivity index (χ2n) is 3.16. The van der Waals surface area contributed by atoms with Crippen LogP contribution in [0, 0.1) is 0 Å². The van der Waals surface area contributed by atoms with E-state index in [1.807, 2.05) is 24.4 Å². The Morgan fingerprint density at radius 3 is 2.92 bits per heavy atom. The van der Waals surface area contributed by atoms with E-state index in [9.17, 15) is 0 Å². The van der Waals surface area contributed by atoms with Gasteiger partial charge in [-0.1, -0.05) is 0 Å². The van der Waals surface area contributed by atoms with Crippen LogP contribution in [-0.2, 0) is 6.42 Å². The molecule has 1 aromatic carbocycles. The highest BCUT2D eigenvalue weighted by atomic mass is 14.7. The van der Waals surface area contributed by atoms with E-state index in [1.54, 1.807) is 0 Å². The minimum absolute atomic E-state index is 0.668. The maximum Gasteiger partial charge on any atom is 0.0458 e. The summed E-state index contributed by atoms with van der Waals surface area (Å²) in [5.74, 6) is 0. The molecule has 2 rings (SSSR count). The van der Waals surface area contributed by atoms with Gasteiger partial charge in [-0.25, -0.2) is 0 Å². The molecule has 0 saturated heterocycles. The molecule has 68 valence electrons. The molecule has 0 radical (unpaired) electrons. The summed E-state index contributed by atoms with van der Waals surface area (Å²) < 4.78 is 0. The molecule has 0 aliphatic carbocycles. The Bertz CT molecular complexity index is 417. The number of benzene rings is 1. The third kappa shape index (κ3) is 1.38. The zero-order valence-electron chi connectivity index (χ0n) is 7.38. The average Bonchev–Trinajstić information content (AvgIpc) is 2.49. The number of nitrogen functional groups attached to an aromatic ring is 1. The van der Waals surface area contributed by atoms with Gasteiger partial charge in [-0.3, -0.25) is 0 Å². The quantitative estimate of drug-likeness (QED) is 0.601. The molecule has 0 bridgehead atoms. The highest BCUT2D eigenvalue weighted by Gasteiger charge is 2.02. The lowest BCUT2D eigenvalue weighted by Gasteiger charge is -1.97. The Balaban J connectivity index is 2.58. The summed E-state index contributed by atoms with van der Waals surface area (Å²) in [6.45, 7) is 0.668. The molecular formula is C10H13N3. The Hall–Kier alpha value is -1.48. The minimum atomic E-state index is 0.668. The zero-order valence-corrected chi connectivity index (χ0v) is 7.38. The fraction of sp³-hybridized carbons (Fsp3) is 0.200. The van der Waals surface area contributed by atoms with Crippen LogP contribution in [0.2, 0.25) is 0 Å². The molecule has 1 heterocycles. The summed E-state index contributed by atoms with van der Waals surface area (Å²) >= 11 is 0. The number of anilines is 1. The third-order valence-corrected chi connectivity index (χ3v) is 2.21. The number of hydrogen-bond donors (Lipinski definition) is 3. The van der Waals surface area contributed by atoms with Crippen molar-refractivity contribution < 1.29 is 0 Å². The van der Waals surface area contributed by atoms with Gasteiger partial charge in [0.15, 0.2) is 0 Å². The molecule has 0 amide bonds. The minimum Gasteiger partial charge on any atom is -0.399 e. The lowest BCUT2D eigenvalue weighted by Crippen LogP contribution is -2.01. The normalized spacial score (nSPS) is 10.8. The monoisotopic (exact) mass is 175 g/mol. The molecule has 0 atom stereocenters. The van der Waals surface area contributed by atoms with Crippen molar-refractivity contribution in [3.8, 4) is 0 Å². The Morgan fingerprint density at radius 2 is 2.15 bits per heavy atom. The first kappa shape index (κ1) is 8.13. The van der Waals surface area contributed by atoms with Crippen LogP contribution < -0.4 is 11.5 Å². The van der Waals surface area contributed by atoms with Crippen LogP contribution in [0.5, 0.6) is 0 Å². The number of H-pyrrole nitrogens is 1. The van der Waals surface area contributed by atoms with Crippen LogP contribution in [0.3, 0.4) is 0 Å². The fourth-order valence-electron chi connectivity index (χ4n) is 1.56. The molecule has 3 heteroatoms. The lowest BCUT2D eigenvalue weighted by atomic mass is 10.1. The van der Waals surface area contributed by atoms with Crippen molar-refractivity contribution in [3.63, 3.8) is 0 Å². The van der Waals surface area contributed by atoms with Crippen molar-refractivity contribution >= 4 is 16.6 Å². The predicted octanol–water partition coefficient (Wildman–Crippen LogP) is 1.25. The van der Waals surface area contributed by atoms with Gasteiger partial charge in [-0.05, 0) is 36.7 Å². The van der Waals surface area contributed by atoms with Gasteiger partial charge in [0.05, 0.1) is 0 Å². The Morgan fingerprint density at radius 1 is 1.31 bits per heavy atom. The number of nitrogens with one attached hydrogen (secondary N) is 1. The first-order chi connectivity index (χ1) is 6.31. The topological polar surface area (TPSA) is 67.8 Å². The Kier molecular flexibility index (Phi) is 1.94. The summed E-state index contributed by atoms with van der Waals surface area (Å²) in [6, 6.07) is 5.87. The highest BCUT2D eigenvalue weighted by molar-refractivity contribution is 5.86. The molecule has 0 spiro atoms. The summed E-state index contributed by atoms with van der Waals surface area (Å²) in [5.41, 5.74) is 14.4. The van der Waals surface area contributed by atoms with Crippen LogP contribution in [-0.4, -0.2) is 11.5 Å². The van der Waals surface area contributed by atoms with Crippen LogP contribution in [0.25, 0.3) is 10.9 Å². The van der Waals surface area contributed by atoms with Crippen LogP contribution in [0.4, 0.5) is 5.69 Å². The second-order valence-corrected chi connectivity index (χ2v) is 3.16. The van der Waals surface area contributed by atoms with Crippen LogP contribution in [0.1, 0.15) is 5.56 Å². The highest BCUT2D eigenvalue weighted by Crippen LogP contribution is 2.20. The van der Waals surface area contributed by atoms with E-state index in [2.05, 4.69) is 4.98 Å². The molecule has 0 unspecified atom stereocenters. The molecule has 5 N–H and O–H groups in total. The molecule has 1 aromatic heterocycles. The maximum absolute atomic E-state index is 5.70. The van der Waals surface area contributed by atoms with Crippen molar-refractivity contribution in [2.24, 2.45) is 5.73 Å². The molecule has 2 aromatic rings. The van der Waals surface area contributed by atoms with Gasteiger partial charge < -0.3 is 16.5 Å². The van der Waals surface area contributed by atoms with Gasteiger partial charge in [0.1, 0.15) is 0 Å². The summed E-state index contributed by atoms with van der Waals surface area (Å²) in [6.07, 6.45) is 2.89. The largest absolute Gasteiger partial charge is 0.399 e. The number of fused-ring (bicyclic) bond motifs is 1. The molecule has 0 aliphatic rings. The van der Waals surface area contributed by atoms with Gasteiger partial charge in [-0.15, -0.1) is 0 Å². The van der Waals surface area contributed by atoms with Crippen LogP contribution >= 0.6 is 0 Å². The SMILES string of the molecule is NCCc1c[nH]c2ccc(N)cc12. The molecular weight excluding hydrogens is 162 g/mol. The van der Waals surface area contributed by atoms with Crippen molar-refractivity contribution in [1.29, 1.82) is 0 Å². The maximum atomic E-state index is 5.70. The van der Waals surface area contributed by atoms with Crippen LogP contribution in [0.15, 0.2) is 24.4 Å². The van der Waals surface area contributed by atoms with Crippen molar-refractivity contribution in [2.75, 3.05) is 12.3 Å². The zero-order chi connectivity index (χ0) is 9.26. The fourth-order valence-corrected chi connectivity index (χ4v) is 1.56. The van der Waals surface area contributed by atoms with E-state index < -0.39 is 0 Å². The van der Waals surface area contributed by atoms with E-state index in [4.69, 9.17) is 11.5 Å². The number of aromatic nitrogens is 1. The number of rotatable bonds is 2. The van der Waals surface area contributed by atoms with E-state index >= 15 is 0 Å². The standard InChI is InChI=1S/C10H13N3/c11-4-3-7-6-13-10-2-1-8(12)5-9(7)10/h1-2,5-6,13H,3-4,11-12H2. The van der Waals surface area contributed by atoms with E-state index in [1.165, 1.54) is 10.9 Å². The van der Waals surface area contributed by atoms with E-state index in [0.29, 0.717) is 6.54 Å². The van der Waals surface area contributed by atoms with Gasteiger partial charge in [-0.2, -0.15) is 0 Å². The average molecular weight is 175 g/mol. The van der Waals surface area contributed by atoms with E-state index in [-0.39, 0.29) is 0 Å². The van der Waals surface area contributed by atoms with Gasteiger partial charge in [0.2, 0.25) is 0 Å².